The fourth-order valence-electron chi connectivity index (χ4n) is 3.35. The molecule has 0 aromatic rings. The largest absolute Gasteiger partial charge is 0.480 e. The molecule has 6 nitrogen and oxygen atoms in total. The van der Waals surface area contributed by atoms with Gasteiger partial charge in [0.1, 0.15) is 6.54 Å². The van der Waals surface area contributed by atoms with Crippen molar-refractivity contribution in [3.05, 3.63) is 0 Å². The van der Waals surface area contributed by atoms with Crippen LogP contribution in [0.15, 0.2) is 0 Å². The highest BCUT2D eigenvalue weighted by Crippen LogP contribution is 2.26. The first-order valence-corrected chi connectivity index (χ1v) is 7.89. The first-order valence-electron chi connectivity index (χ1n) is 7.89. The van der Waals surface area contributed by atoms with Crippen molar-refractivity contribution >= 4 is 12.0 Å². The lowest BCUT2D eigenvalue weighted by Crippen LogP contribution is -2.50. The van der Waals surface area contributed by atoms with E-state index in [2.05, 4.69) is 0 Å². The average molecular weight is 298 g/mol. The van der Waals surface area contributed by atoms with Gasteiger partial charge in [-0.15, -0.1) is 0 Å². The monoisotopic (exact) mass is 298 g/mol. The van der Waals surface area contributed by atoms with Crippen LogP contribution in [0.4, 0.5) is 4.79 Å². The highest BCUT2D eigenvalue weighted by Gasteiger charge is 2.33. The lowest BCUT2D eigenvalue weighted by atomic mass is 9.98. The molecule has 0 bridgehead atoms. The molecule has 2 rings (SSSR count). The standard InChI is InChI=1S/C15H26N2O4/c1-15(21)7-4-9-16(10-8-15)14(20)17(11-13(18)19)12-5-2-3-6-12/h12,21H,2-11H2,1H3,(H,18,19). The third-order valence-electron chi connectivity index (χ3n) is 4.65. The zero-order chi connectivity index (χ0) is 15.5. The van der Waals surface area contributed by atoms with Gasteiger partial charge in [-0.3, -0.25) is 4.79 Å². The number of nitrogens with zero attached hydrogens (tertiary/aromatic N) is 2. The predicted molar refractivity (Wildman–Crippen MR) is 78.0 cm³/mol. The quantitative estimate of drug-likeness (QED) is 0.830. The molecule has 1 atom stereocenters. The number of carbonyl (C=O) groups is 2. The Balaban J connectivity index is 2.04. The summed E-state index contributed by atoms with van der Waals surface area (Å²) < 4.78 is 0. The number of carboxylic acids is 1. The highest BCUT2D eigenvalue weighted by molar-refractivity contribution is 5.80. The first-order chi connectivity index (χ1) is 9.89. The van der Waals surface area contributed by atoms with Gasteiger partial charge in [-0.25, -0.2) is 4.79 Å². The Morgan fingerprint density at radius 2 is 1.86 bits per heavy atom. The maximum atomic E-state index is 12.7. The van der Waals surface area contributed by atoms with Crippen molar-refractivity contribution in [2.45, 2.75) is 63.5 Å². The van der Waals surface area contributed by atoms with E-state index in [4.69, 9.17) is 5.11 Å². The molecule has 1 unspecified atom stereocenters. The van der Waals surface area contributed by atoms with E-state index in [1.807, 2.05) is 0 Å². The van der Waals surface area contributed by atoms with Crippen LogP contribution in [0.5, 0.6) is 0 Å². The number of hydrogen-bond acceptors (Lipinski definition) is 3. The van der Waals surface area contributed by atoms with Gasteiger partial charge in [0, 0.05) is 19.1 Å². The van der Waals surface area contributed by atoms with Gasteiger partial charge in [0.25, 0.3) is 0 Å². The Bertz CT molecular complexity index is 391. The van der Waals surface area contributed by atoms with Crippen molar-refractivity contribution in [2.75, 3.05) is 19.6 Å². The molecule has 2 N–H and O–H groups in total. The fraction of sp³-hybridized carbons (Fsp3) is 0.867. The van der Waals surface area contributed by atoms with E-state index in [9.17, 15) is 14.7 Å². The second-order valence-corrected chi connectivity index (χ2v) is 6.58. The maximum Gasteiger partial charge on any atom is 0.323 e. The second-order valence-electron chi connectivity index (χ2n) is 6.58. The molecule has 0 spiro atoms. The van der Waals surface area contributed by atoms with E-state index in [0.29, 0.717) is 25.9 Å². The van der Waals surface area contributed by atoms with E-state index < -0.39 is 11.6 Å². The lowest BCUT2D eigenvalue weighted by molar-refractivity contribution is -0.138. The van der Waals surface area contributed by atoms with Gasteiger partial charge in [0.05, 0.1) is 5.60 Å². The van der Waals surface area contributed by atoms with Gasteiger partial charge in [0.2, 0.25) is 0 Å². The molecule has 0 aromatic carbocycles. The summed E-state index contributed by atoms with van der Waals surface area (Å²) in [5, 5.41) is 19.2. The van der Waals surface area contributed by atoms with Crippen molar-refractivity contribution in [3.63, 3.8) is 0 Å². The minimum Gasteiger partial charge on any atom is -0.480 e. The Morgan fingerprint density at radius 3 is 2.48 bits per heavy atom. The SMILES string of the molecule is CC1(O)CCCN(C(=O)N(CC(=O)O)C2CCCC2)CC1. The van der Waals surface area contributed by atoms with Crippen molar-refractivity contribution in [1.82, 2.24) is 9.80 Å². The minimum absolute atomic E-state index is 0.0531. The summed E-state index contributed by atoms with van der Waals surface area (Å²) in [6, 6.07) is -0.126. The number of hydrogen-bond donors (Lipinski definition) is 2. The number of aliphatic hydroxyl groups is 1. The van der Waals surface area contributed by atoms with Crippen LogP contribution < -0.4 is 0 Å². The molecule has 2 fully saturated rings. The van der Waals surface area contributed by atoms with Gasteiger partial charge in [-0.1, -0.05) is 12.8 Å². The predicted octanol–water partition coefficient (Wildman–Crippen LogP) is 1.67. The summed E-state index contributed by atoms with van der Waals surface area (Å²) in [5.74, 6) is -0.961. The summed E-state index contributed by atoms with van der Waals surface area (Å²) in [6.07, 6.45) is 5.88. The van der Waals surface area contributed by atoms with Crippen LogP contribution in [0.25, 0.3) is 0 Å². The Hall–Kier alpha value is -1.30. The van der Waals surface area contributed by atoms with Crippen molar-refractivity contribution in [2.24, 2.45) is 0 Å². The van der Waals surface area contributed by atoms with Crippen molar-refractivity contribution < 1.29 is 19.8 Å². The highest BCUT2D eigenvalue weighted by atomic mass is 16.4. The van der Waals surface area contributed by atoms with Crippen LogP contribution in [0, 0.1) is 0 Å². The number of carboxylic acid groups (broad SMARTS) is 1. The Kier molecular flexibility index (Phi) is 5.08. The van der Waals surface area contributed by atoms with E-state index in [0.717, 1.165) is 32.1 Å². The van der Waals surface area contributed by atoms with Crippen LogP contribution in [-0.2, 0) is 4.79 Å². The molecular formula is C15H26N2O4. The van der Waals surface area contributed by atoms with E-state index in [-0.39, 0.29) is 18.6 Å². The summed E-state index contributed by atoms with van der Waals surface area (Å²) in [7, 11) is 0. The summed E-state index contributed by atoms with van der Waals surface area (Å²) in [6.45, 7) is 2.66. The summed E-state index contributed by atoms with van der Waals surface area (Å²) in [4.78, 5) is 27.0. The molecule has 2 amide bonds. The molecule has 120 valence electrons. The third kappa shape index (κ3) is 4.33. The van der Waals surface area contributed by atoms with Gasteiger partial charge in [0.15, 0.2) is 0 Å². The molecule has 6 heteroatoms. The van der Waals surface area contributed by atoms with Crippen LogP contribution >= 0.6 is 0 Å². The van der Waals surface area contributed by atoms with E-state index in [1.165, 1.54) is 4.90 Å². The molecule has 1 saturated carbocycles. The molecule has 1 heterocycles. The average Bonchev–Trinajstić information content (AvgIpc) is 2.86. The summed E-state index contributed by atoms with van der Waals surface area (Å²) in [5.41, 5.74) is -0.722. The zero-order valence-electron chi connectivity index (χ0n) is 12.8. The molecule has 1 saturated heterocycles. The van der Waals surface area contributed by atoms with E-state index in [1.54, 1.807) is 11.8 Å². The van der Waals surface area contributed by atoms with Gasteiger partial charge in [-0.05, 0) is 39.0 Å². The number of likely N-dealkylation sites (tertiary alicyclic amines) is 1. The number of urea groups is 1. The molecule has 0 aromatic heterocycles. The van der Waals surface area contributed by atoms with Gasteiger partial charge < -0.3 is 20.0 Å². The van der Waals surface area contributed by atoms with Crippen LogP contribution in [0.3, 0.4) is 0 Å². The zero-order valence-corrected chi connectivity index (χ0v) is 12.8. The second kappa shape index (κ2) is 6.64. The molecule has 21 heavy (non-hydrogen) atoms. The Labute approximate surface area is 125 Å². The number of carbonyl (C=O) groups excluding carboxylic acids is 1. The topological polar surface area (TPSA) is 81.1 Å². The number of amides is 2. The smallest absolute Gasteiger partial charge is 0.323 e. The van der Waals surface area contributed by atoms with Crippen LogP contribution in [-0.4, -0.2) is 63.3 Å². The number of aliphatic carboxylic acids is 1. The molecule has 2 aliphatic rings. The lowest BCUT2D eigenvalue weighted by Gasteiger charge is -2.33. The van der Waals surface area contributed by atoms with E-state index >= 15 is 0 Å². The molecule has 0 radical (unpaired) electrons. The van der Waals surface area contributed by atoms with Gasteiger partial charge in [-0.2, -0.15) is 0 Å². The molecule has 1 aliphatic heterocycles. The first kappa shape index (κ1) is 16.1. The fourth-order valence-corrected chi connectivity index (χ4v) is 3.35. The van der Waals surface area contributed by atoms with Crippen LogP contribution in [0.1, 0.15) is 51.9 Å². The number of rotatable bonds is 3. The normalized spacial score (nSPS) is 27.4. The third-order valence-corrected chi connectivity index (χ3v) is 4.65. The summed E-state index contributed by atoms with van der Waals surface area (Å²) >= 11 is 0. The minimum atomic E-state index is -0.961. The van der Waals surface area contributed by atoms with Crippen molar-refractivity contribution in [1.29, 1.82) is 0 Å². The maximum absolute atomic E-state index is 12.7. The van der Waals surface area contributed by atoms with Gasteiger partial charge >= 0.3 is 12.0 Å². The van der Waals surface area contributed by atoms with Crippen LogP contribution in [0.2, 0.25) is 0 Å². The molecular weight excluding hydrogens is 272 g/mol. The molecule has 1 aliphatic carbocycles. The Morgan fingerprint density at radius 1 is 1.19 bits per heavy atom. The van der Waals surface area contributed by atoms with Crippen molar-refractivity contribution in [3.8, 4) is 0 Å².